The first-order valence-corrected chi connectivity index (χ1v) is 7.71. The van der Waals surface area contributed by atoms with Crippen LogP contribution in [0.4, 0.5) is 8.78 Å². The number of hydrogen-bond acceptors (Lipinski definition) is 5. The Labute approximate surface area is 138 Å². The van der Waals surface area contributed by atoms with Crippen molar-refractivity contribution in [2.75, 3.05) is 6.61 Å². The van der Waals surface area contributed by atoms with Gasteiger partial charge in [0.25, 0.3) is 0 Å². The lowest BCUT2D eigenvalue weighted by Gasteiger charge is -2.29. The normalized spacial score (nSPS) is 16.2. The second kappa shape index (κ2) is 7.61. The van der Waals surface area contributed by atoms with Crippen LogP contribution in [0.5, 0.6) is 5.75 Å². The van der Waals surface area contributed by atoms with Crippen molar-refractivity contribution in [2.24, 2.45) is 0 Å². The van der Waals surface area contributed by atoms with Crippen LogP contribution in [0, 0.1) is 11.6 Å². The van der Waals surface area contributed by atoms with Crippen molar-refractivity contribution in [1.82, 2.24) is 5.32 Å². The average molecular weight is 341 g/mol. The Kier molecular flexibility index (Phi) is 5.77. The van der Waals surface area contributed by atoms with Gasteiger partial charge in [-0.1, -0.05) is 6.92 Å². The lowest BCUT2D eigenvalue weighted by atomic mass is 9.72. The summed E-state index contributed by atoms with van der Waals surface area (Å²) >= 11 is 0. The predicted molar refractivity (Wildman–Crippen MR) is 81.5 cm³/mol. The third-order valence-corrected chi connectivity index (χ3v) is 3.57. The summed E-state index contributed by atoms with van der Waals surface area (Å²) in [6, 6.07) is 0.887. The van der Waals surface area contributed by atoms with Crippen molar-refractivity contribution in [1.29, 1.82) is 0 Å². The highest BCUT2D eigenvalue weighted by Gasteiger charge is 2.39. The number of ether oxygens (including phenoxy) is 1. The zero-order valence-corrected chi connectivity index (χ0v) is 13.4. The molecule has 1 aromatic rings. The van der Waals surface area contributed by atoms with Crippen LogP contribution in [-0.4, -0.2) is 36.6 Å². The molecule has 0 bridgehead atoms. The second-order valence-electron chi connectivity index (χ2n) is 5.39. The van der Waals surface area contributed by atoms with E-state index in [1.807, 2.05) is 6.92 Å². The van der Waals surface area contributed by atoms with E-state index in [1.54, 1.807) is 0 Å². The van der Waals surface area contributed by atoms with Crippen molar-refractivity contribution >= 4 is 19.0 Å². The van der Waals surface area contributed by atoms with E-state index in [0.29, 0.717) is 6.42 Å². The first-order valence-electron chi connectivity index (χ1n) is 7.71. The third kappa shape index (κ3) is 3.67. The molecular weight excluding hydrogens is 323 g/mol. The number of rotatable bonds is 5. The fourth-order valence-electron chi connectivity index (χ4n) is 2.50. The largest absolute Gasteiger partial charge is 0.547 e. The molecule has 1 aliphatic rings. The Morgan fingerprint density at radius 2 is 2.17 bits per heavy atom. The maximum Gasteiger partial charge on any atom is 0.547 e. The molecule has 0 aromatic heterocycles. The number of benzene rings is 1. The van der Waals surface area contributed by atoms with E-state index in [9.17, 15) is 23.4 Å². The summed E-state index contributed by atoms with van der Waals surface area (Å²) in [6.45, 7) is 3.32. The first kappa shape index (κ1) is 18.2. The molecule has 0 radical (unpaired) electrons. The van der Waals surface area contributed by atoms with Crippen molar-refractivity contribution in [2.45, 2.75) is 39.1 Å². The number of amides is 1. The van der Waals surface area contributed by atoms with Crippen LogP contribution >= 0.6 is 0 Å². The molecule has 2 N–H and O–H groups in total. The van der Waals surface area contributed by atoms with Gasteiger partial charge < -0.3 is 19.7 Å². The van der Waals surface area contributed by atoms with Crippen molar-refractivity contribution in [3.8, 4) is 5.75 Å². The smallest absolute Gasteiger partial charge is 0.534 e. The van der Waals surface area contributed by atoms with Gasteiger partial charge in [0.1, 0.15) is 11.3 Å². The predicted octanol–water partition coefficient (Wildman–Crippen LogP) is 1.38. The molecule has 0 fully saturated rings. The number of hydrogen-bond donors (Lipinski definition) is 2. The Morgan fingerprint density at radius 1 is 1.46 bits per heavy atom. The van der Waals surface area contributed by atoms with Crippen molar-refractivity contribution < 1.29 is 32.8 Å². The lowest BCUT2D eigenvalue weighted by molar-refractivity contribution is -0.121. The minimum atomic E-state index is -1.49. The highest BCUT2D eigenvalue weighted by atomic mass is 19.2. The van der Waals surface area contributed by atoms with Crippen LogP contribution in [0.2, 0.25) is 0 Å². The summed E-state index contributed by atoms with van der Waals surface area (Å²) in [5.41, 5.74) is -0.520. The molecule has 0 unspecified atom stereocenters. The van der Waals surface area contributed by atoms with Crippen LogP contribution < -0.4 is 9.97 Å². The van der Waals surface area contributed by atoms with Gasteiger partial charge in [-0.3, -0.25) is 4.79 Å². The molecule has 0 saturated heterocycles. The fraction of sp³-hybridized carbons (Fsp3) is 0.467. The van der Waals surface area contributed by atoms with Crippen LogP contribution in [0.25, 0.3) is 0 Å². The molecule has 1 heterocycles. The molecule has 2 rings (SSSR count). The molecule has 6 nitrogen and oxygen atoms in total. The van der Waals surface area contributed by atoms with Crippen LogP contribution in [0.15, 0.2) is 6.07 Å². The summed E-state index contributed by atoms with van der Waals surface area (Å²) in [5.74, 6) is -5.08. The van der Waals surface area contributed by atoms with E-state index >= 15 is 0 Å². The van der Waals surface area contributed by atoms with E-state index in [4.69, 9.17) is 9.39 Å². The quantitative estimate of drug-likeness (QED) is 0.624. The van der Waals surface area contributed by atoms with E-state index in [0.717, 1.165) is 6.07 Å². The maximum absolute atomic E-state index is 14.0. The first-order chi connectivity index (χ1) is 11.4. The maximum atomic E-state index is 14.0. The van der Waals surface area contributed by atoms with Crippen LogP contribution in [0.1, 0.15) is 42.6 Å². The Hall–Kier alpha value is -2.16. The Balaban J connectivity index is 2.35. The van der Waals surface area contributed by atoms with Gasteiger partial charge in [-0.05, 0) is 31.4 Å². The van der Waals surface area contributed by atoms with E-state index in [-0.39, 0.29) is 36.7 Å². The van der Waals surface area contributed by atoms with Gasteiger partial charge in [0.2, 0.25) is 5.91 Å². The molecule has 9 heteroatoms. The molecule has 1 aliphatic heterocycles. The molecule has 1 aromatic carbocycles. The van der Waals surface area contributed by atoms with Crippen molar-refractivity contribution in [3.63, 3.8) is 0 Å². The van der Waals surface area contributed by atoms with Crippen molar-refractivity contribution in [3.05, 3.63) is 28.8 Å². The Bertz CT molecular complexity index is 655. The molecule has 130 valence electrons. The van der Waals surface area contributed by atoms with Gasteiger partial charge in [-0.2, -0.15) is 0 Å². The summed E-state index contributed by atoms with van der Waals surface area (Å²) in [7, 11) is -1.49. The molecule has 1 atom stereocenters. The molecule has 0 aliphatic carbocycles. The van der Waals surface area contributed by atoms with Gasteiger partial charge in [0.05, 0.1) is 12.5 Å². The number of carbonyl (C=O) groups is 2. The van der Waals surface area contributed by atoms with Gasteiger partial charge >= 0.3 is 13.1 Å². The lowest BCUT2D eigenvalue weighted by Crippen LogP contribution is -2.53. The molecule has 0 spiro atoms. The Morgan fingerprint density at radius 3 is 2.79 bits per heavy atom. The zero-order chi connectivity index (χ0) is 17.9. The number of fused-ring (bicyclic) bond motifs is 1. The number of nitrogens with one attached hydrogen (secondary N) is 1. The van der Waals surface area contributed by atoms with Gasteiger partial charge in [0.15, 0.2) is 11.6 Å². The van der Waals surface area contributed by atoms with E-state index in [2.05, 4.69) is 5.32 Å². The van der Waals surface area contributed by atoms with Gasteiger partial charge in [-0.15, -0.1) is 0 Å². The van der Waals surface area contributed by atoms with E-state index in [1.165, 1.54) is 6.92 Å². The standard InChI is InChI=1S/C15H18BF2NO5/c1-3-5-11(20)19-10-7-8-6-9(17)13(18)12(15(21)23-4-2)14(8)24-16(10)22/h6,10,22H,3-5,7H2,1-2H3,(H,19,20)/t10-/m0/s1. The molecule has 24 heavy (non-hydrogen) atoms. The monoisotopic (exact) mass is 341 g/mol. The minimum Gasteiger partial charge on any atom is -0.534 e. The number of carbonyl (C=O) groups excluding carboxylic acids is 2. The SMILES string of the molecule is CCCC(=O)N[C@H]1Cc2cc(F)c(F)c(C(=O)OCC)c2OB1O. The van der Waals surface area contributed by atoms with Gasteiger partial charge in [0, 0.05) is 6.42 Å². The second-order valence-corrected chi connectivity index (χ2v) is 5.39. The topological polar surface area (TPSA) is 84.9 Å². The van der Waals surface area contributed by atoms with E-state index < -0.39 is 36.2 Å². The molecule has 1 amide bonds. The summed E-state index contributed by atoms with van der Waals surface area (Å²) in [5, 5.41) is 12.6. The molecule has 0 saturated carbocycles. The average Bonchev–Trinajstić information content (AvgIpc) is 2.51. The van der Waals surface area contributed by atoms with Gasteiger partial charge in [-0.25, -0.2) is 13.6 Å². The number of esters is 1. The fourth-order valence-corrected chi connectivity index (χ4v) is 2.50. The summed E-state index contributed by atoms with van der Waals surface area (Å²) in [6.07, 6.45) is 0.885. The third-order valence-electron chi connectivity index (χ3n) is 3.57. The van der Waals surface area contributed by atoms with Crippen LogP contribution in [-0.2, 0) is 16.0 Å². The highest BCUT2D eigenvalue weighted by Crippen LogP contribution is 2.34. The summed E-state index contributed by atoms with van der Waals surface area (Å²) < 4.78 is 37.7. The summed E-state index contributed by atoms with van der Waals surface area (Å²) in [4.78, 5) is 23.5. The highest BCUT2D eigenvalue weighted by molar-refractivity contribution is 6.47. The number of halogens is 2. The zero-order valence-electron chi connectivity index (χ0n) is 13.4. The molecular formula is C15H18BF2NO5. The minimum absolute atomic E-state index is 0.00441. The van der Waals surface area contributed by atoms with Crippen LogP contribution in [0.3, 0.4) is 0 Å².